The lowest BCUT2D eigenvalue weighted by atomic mass is 9.80. The summed E-state index contributed by atoms with van der Waals surface area (Å²) in [4.78, 5) is 2.46. The molecular weight excluding hydrogens is 265 g/mol. The van der Waals surface area contributed by atoms with Crippen molar-refractivity contribution in [2.75, 3.05) is 26.2 Å². The van der Waals surface area contributed by atoms with E-state index in [0.29, 0.717) is 12.1 Å². The lowest BCUT2D eigenvalue weighted by molar-refractivity contribution is 0.204. The van der Waals surface area contributed by atoms with Gasteiger partial charge in [-0.1, -0.05) is 38.8 Å². The van der Waals surface area contributed by atoms with Crippen LogP contribution in [0.15, 0.2) is 24.3 Å². The van der Waals surface area contributed by atoms with Gasteiger partial charge in [0.1, 0.15) is 12.4 Å². The molecule has 0 bridgehead atoms. The van der Waals surface area contributed by atoms with Crippen LogP contribution in [-0.2, 0) is 0 Å². The van der Waals surface area contributed by atoms with Gasteiger partial charge in [-0.2, -0.15) is 0 Å². The highest BCUT2D eigenvalue weighted by Crippen LogP contribution is 2.08. The lowest BCUT2D eigenvalue weighted by Gasteiger charge is -2.22. The van der Waals surface area contributed by atoms with Crippen molar-refractivity contribution in [2.24, 2.45) is 0 Å². The summed E-state index contributed by atoms with van der Waals surface area (Å²) in [5.41, 5.74) is 0.481. The monoisotopic (exact) mass is 293 g/mol. The quantitative estimate of drug-likeness (QED) is 0.609. The second kappa shape index (κ2) is 10.7. The average molecular weight is 293 g/mol. The number of ether oxygens (including phenoxy) is 1. The maximum absolute atomic E-state index is 9.04. The first-order chi connectivity index (χ1) is 10.2. The van der Waals surface area contributed by atoms with Gasteiger partial charge < -0.3 is 14.8 Å². The first-order valence-electron chi connectivity index (χ1n) is 7.98. The van der Waals surface area contributed by atoms with Crippen molar-refractivity contribution in [3.63, 3.8) is 0 Å². The SMILES string of the molecule is CCCCN(CCCC)CCOc1ccc(B(O)O)cc1. The Labute approximate surface area is 128 Å². The number of unbranched alkanes of at least 4 members (excludes halogenated alkanes) is 2. The number of hydrogen-bond donors (Lipinski definition) is 2. The molecule has 0 aliphatic heterocycles. The van der Waals surface area contributed by atoms with E-state index in [1.165, 1.54) is 25.7 Å². The van der Waals surface area contributed by atoms with Crippen molar-refractivity contribution in [3.05, 3.63) is 24.3 Å². The summed E-state index contributed by atoms with van der Waals surface area (Å²) in [5, 5.41) is 18.1. The molecule has 0 radical (unpaired) electrons. The largest absolute Gasteiger partial charge is 0.492 e. The van der Waals surface area contributed by atoms with Gasteiger partial charge in [0.2, 0.25) is 0 Å². The molecule has 4 nitrogen and oxygen atoms in total. The second-order valence-corrected chi connectivity index (χ2v) is 5.34. The third kappa shape index (κ3) is 7.51. The Morgan fingerprint density at radius 1 is 0.952 bits per heavy atom. The van der Waals surface area contributed by atoms with Gasteiger partial charge in [-0.05, 0) is 43.5 Å². The summed E-state index contributed by atoms with van der Waals surface area (Å²) < 4.78 is 5.73. The Kier molecular flexibility index (Phi) is 9.14. The number of rotatable bonds is 11. The minimum Gasteiger partial charge on any atom is -0.492 e. The van der Waals surface area contributed by atoms with Crippen LogP contribution in [-0.4, -0.2) is 48.3 Å². The molecule has 1 aromatic carbocycles. The summed E-state index contributed by atoms with van der Waals surface area (Å²) in [7, 11) is -1.42. The first-order valence-corrected chi connectivity index (χ1v) is 7.98. The van der Waals surface area contributed by atoms with Crippen LogP contribution in [0, 0.1) is 0 Å². The molecule has 0 amide bonds. The Morgan fingerprint density at radius 3 is 2.00 bits per heavy atom. The van der Waals surface area contributed by atoms with E-state index >= 15 is 0 Å². The zero-order valence-corrected chi connectivity index (χ0v) is 13.3. The fourth-order valence-corrected chi connectivity index (χ4v) is 2.13. The maximum Gasteiger partial charge on any atom is 0.488 e. The standard InChI is InChI=1S/C16H28BNO3/c1-3-5-11-18(12-6-4-2)13-14-21-16-9-7-15(8-10-16)17(19)20/h7-10,19-20H,3-6,11-14H2,1-2H3. The molecular formula is C16H28BNO3. The van der Waals surface area contributed by atoms with Gasteiger partial charge in [0.05, 0.1) is 0 Å². The molecule has 0 atom stereocenters. The summed E-state index contributed by atoms with van der Waals surface area (Å²) in [6, 6.07) is 6.90. The zero-order valence-electron chi connectivity index (χ0n) is 13.3. The van der Waals surface area contributed by atoms with Gasteiger partial charge in [-0.15, -0.1) is 0 Å². The van der Waals surface area contributed by atoms with Crippen molar-refractivity contribution in [1.29, 1.82) is 0 Å². The summed E-state index contributed by atoms with van der Waals surface area (Å²) in [6.07, 6.45) is 4.89. The van der Waals surface area contributed by atoms with E-state index < -0.39 is 7.12 Å². The van der Waals surface area contributed by atoms with Gasteiger partial charge in [0, 0.05) is 6.54 Å². The third-order valence-electron chi connectivity index (χ3n) is 3.51. The molecule has 118 valence electrons. The van der Waals surface area contributed by atoms with E-state index in [9.17, 15) is 0 Å². The summed E-state index contributed by atoms with van der Waals surface area (Å²) in [5.74, 6) is 0.769. The summed E-state index contributed by atoms with van der Waals surface area (Å²) in [6.45, 7) is 8.29. The maximum atomic E-state index is 9.04. The fraction of sp³-hybridized carbons (Fsp3) is 0.625. The van der Waals surface area contributed by atoms with Crippen molar-refractivity contribution in [3.8, 4) is 5.75 Å². The van der Waals surface area contributed by atoms with Crippen LogP contribution in [0.2, 0.25) is 0 Å². The Morgan fingerprint density at radius 2 is 1.52 bits per heavy atom. The summed E-state index contributed by atoms with van der Waals surface area (Å²) >= 11 is 0. The van der Waals surface area contributed by atoms with E-state index in [4.69, 9.17) is 14.8 Å². The Balaban J connectivity index is 2.34. The Bertz CT molecular complexity index is 362. The average Bonchev–Trinajstić information content (AvgIpc) is 2.50. The lowest BCUT2D eigenvalue weighted by Crippen LogP contribution is -2.31. The highest BCUT2D eigenvalue weighted by Gasteiger charge is 2.10. The van der Waals surface area contributed by atoms with Gasteiger partial charge in [-0.3, -0.25) is 4.90 Å². The Hall–Kier alpha value is -1.04. The minimum absolute atomic E-state index is 0.481. The molecule has 0 aromatic heterocycles. The van der Waals surface area contributed by atoms with E-state index in [2.05, 4.69) is 18.7 Å². The molecule has 2 N–H and O–H groups in total. The minimum atomic E-state index is -1.42. The molecule has 1 aromatic rings. The van der Waals surface area contributed by atoms with E-state index in [1.54, 1.807) is 24.3 Å². The molecule has 0 heterocycles. The van der Waals surface area contributed by atoms with Crippen LogP contribution in [0.1, 0.15) is 39.5 Å². The predicted octanol–water partition coefficient (Wildman–Crippen LogP) is 1.65. The molecule has 0 unspecified atom stereocenters. The first kappa shape index (κ1) is 18.0. The van der Waals surface area contributed by atoms with Crippen molar-refractivity contribution >= 4 is 12.6 Å². The number of benzene rings is 1. The van der Waals surface area contributed by atoms with E-state index in [0.717, 1.165) is 25.4 Å². The van der Waals surface area contributed by atoms with Crippen LogP contribution in [0.3, 0.4) is 0 Å². The van der Waals surface area contributed by atoms with Crippen LogP contribution < -0.4 is 10.2 Å². The van der Waals surface area contributed by atoms with Crippen molar-refractivity contribution in [2.45, 2.75) is 39.5 Å². The molecule has 5 heteroatoms. The molecule has 0 spiro atoms. The van der Waals surface area contributed by atoms with Crippen LogP contribution in [0.5, 0.6) is 5.75 Å². The van der Waals surface area contributed by atoms with Crippen molar-refractivity contribution < 1.29 is 14.8 Å². The molecule has 0 saturated carbocycles. The van der Waals surface area contributed by atoms with Crippen LogP contribution >= 0.6 is 0 Å². The van der Waals surface area contributed by atoms with E-state index in [1.807, 2.05) is 0 Å². The number of nitrogens with zero attached hydrogens (tertiary/aromatic N) is 1. The third-order valence-corrected chi connectivity index (χ3v) is 3.51. The van der Waals surface area contributed by atoms with Crippen molar-refractivity contribution in [1.82, 2.24) is 4.90 Å². The topological polar surface area (TPSA) is 52.9 Å². The van der Waals surface area contributed by atoms with Gasteiger partial charge in [0.15, 0.2) is 0 Å². The smallest absolute Gasteiger partial charge is 0.488 e. The van der Waals surface area contributed by atoms with Gasteiger partial charge in [-0.25, -0.2) is 0 Å². The molecule has 21 heavy (non-hydrogen) atoms. The van der Waals surface area contributed by atoms with Crippen LogP contribution in [0.4, 0.5) is 0 Å². The van der Waals surface area contributed by atoms with Gasteiger partial charge in [0.25, 0.3) is 0 Å². The molecule has 1 rings (SSSR count). The highest BCUT2D eigenvalue weighted by molar-refractivity contribution is 6.58. The second-order valence-electron chi connectivity index (χ2n) is 5.34. The number of hydrogen-bond acceptors (Lipinski definition) is 4. The fourth-order valence-electron chi connectivity index (χ4n) is 2.13. The van der Waals surface area contributed by atoms with Gasteiger partial charge >= 0.3 is 7.12 Å². The normalized spacial score (nSPS) is 10.9. The van der Waals surface area contributed by atoms with E-state index in [-0.39, 0.29) is 0 Å². The molecule has 0 fully saturated rings. The zero-order chi connectivity index (χ0) is 15.5. The van der Waals surface area contributed by atoms with Crippen LogP contribution in [0.25, 0.3) is 0 Å². The predicted molar refractivity (Wildman–Crippen MR) is 88.0 cm³/mol. The highest BCUT2D eigenvalue weighted by atomic mass is 16.5. The molecule has 0 saturated heterocycles. The molecule has 0 aliphatic carbocycles. The molecule has 0 aliphatic rings.